The molecule has 1 aromatic rings. The molecule has 2 rings (SSSR count). The third-order valence-corrected chi connectivity index (χ3v) is 2.65. The van der Waals surface area contributed by atoms with Crippen molar-refractivity contribution in [3.05, 3.63) is 23.2 Å². The third-order valence-electron chi connectivity index (χ3n) is 2.65. The van der Waals surface area contributed by atoms with Gasteiger partial charge in [0.05, 0.1) is 6.10 Å². The van der Waals surface area contributed by atoms with Crippen molar-refractivity contribution in [2.75, 3.05) is 0 Å². The summed E-state index contributed by atoms with van der Waals surface area (Å²) in [5, 5.41) is 9.60. The van der Waals surface area contributed by atoms with Crippen LogP contribution >= 0.6 is 0 Å². The van der Waals surface area contributed by atoms with E-state index in [1.165, 1.54) is 0 Å². The number of hydrogen-bond donors (Lipinski definition) is 1. The highest BCUT2D eigenvalue weighted by Gasteiger charge is 2.33. The molecule has 4 heteroatoms. The first-order chi connectivity index (χ1) is 6.58. The van der Waals surface area contributed by atoms with Crippen LogP contribution in [0.1, 0.15) is 29.6 Å². The van der Waals surface area contributed by atoms with Gasteiger partial charge in [0.15, 0.2) is 0 Å². The first kappa shape index (κ1) is 9.65. The Morgan fingerprint density at radius 3 is 2.93 bits per heavy atom. The van der Waals surface area contributed by atoms with Gasteiger partial charge in [-0.05, 0) is 19.4 Å². The lowest BCUT2D eigenvalue weighted by atomic mass is 9.86. The molecule has 0 aliphatic heterocycles. The average Bonchev–Trinajstić information content (AvgIpc) is 2.45. The van der Waals surface area contributed by atoms with Gasteiger partial charge in [0.1, 0.15) is 11.5 Å². The highest BCUT2D eigenvalue weighted by atomic mass is 19.3. The number of furan rings is 1. The van der Waals surface area contributed by atoms with Gasteiger partial charge in [-0.15, -0.1) is 0 Å². The Morgan fingerprint density at radius 2 is 2.29 bits per heavy atom. The van der Waals surface area contributed by atoms with Crippen molar-refractivity contribution in [2.24, 2.45) is 5.92 Å². The molecule has 0 fully saturated rings. The normalized spacial score (nSPS) is 26.6. The van der Waals surface area contributed by atoms with Gasteiger partial charge in [0, 0.05) is 17.9 Å². The van der Waals surface area contributed by atoms with Crippen LogP contribution in [0.3, 0.4) is 0 Å². The van der Waals surface area contributed by atoms with E-state index in [-0.39, 0.29) is 12.8 Å². The fraction of sp³-hybridized carbons (Fsp3) is 0.600. The van der Waals surface area contributed by atoms with E-state index in [9.17, 15) is 13.9 Å². The minimum atomic E-state index is -2.39. The van der Waals surface area contributed by atoms with Gasteiger partial charge in [-0.1, -0.05) is 0 Å². The maximum atomic E-state index is 12.4. The Kier molecular flexibility index (Phi) is 2.31. The molecule has 0 saturated carbocycles. The molecule has 0 radical (unpaired) electrons. The number of alkyl halides is 2. The second-order valence-corrected chi connectivity index (χ2v) is 3.79. The third kappa shape index (κ3) is 1.54. The standard InChI is InChI=1S/C10H12F2O2/c1-5-2-7-8(13)3-6(10(11)12)4-9(7)14-5/h2,6,8,10,13H,3-4H2,1H3/t6-,8+/m1/s1. The first-order valence-electron chi connectivity index (χ1n) is 4.63. The number of rotatable bonds is 1. The SMILES string of the molecule is Cc1cc2c(o1)C[C@H](C(F)F)C[C@@H]2O. The zero-order valence-corrected chi connectivity index (χ0v) is 7.84. The van der Waals surface area contributed by atoms with Crippen molar-refractivity contribution < 1.29 is 18.3 Å². The molecule has 0 spiro atoms. The second kappa shape index (κ2) is 3.35. The Balaban J connectivity index is 2.28. The average molecular weight is 202 g/mol. The maximum Gasteiger partial charge on any atom is 0.241 e. The summed E-state index contributed by atoms with van der Waals surface area (Å²) in [4.78, 5) is 0. The van der Waals surface area contributed by atoms with Crippen LogP contribution in [-0.2, 0) is 6.42 Å². The van der Waals surface area contributed by atoms with Gasteiger partial charge in [0.2, 0.25) is 6.43 Å². The van der Waals surface area contributed by atoms with Crippen molar-refractivity contribution >= 4 is 0 Å². The summed E-state index contributed by atoms with van der Waals surface area (Å²) in [6, 6.07) is 1.72. The quantitative estimate of drug-likeness (QED) is 0.758. The first-order valence-corrected chi connectivity index (χ1v) is 4.63. The number of hydrogen-bond acceptors (Lipinski definition) is 2. The van der Waals surface area contributed by atoms with Gasteiger partial charge in [-0.25, -0.2) is 8.78 Å². The van der Waals surface area contributed by atoms with E-state index in [2.05, 4.69) is 0 Å². The van der Waals surface area contributed by atoms with Crippen LogP contribution in [0.4, 0.5) is 8.78 Å². The van der Waals surface area contributed by atoms with Crippen LogP contribution in [0.25, 0.3) is 0 Å². The lowest BCUT2D eigenvalue weighted by molar-refractivity contribution is 0.0262. The summed E-state index contributed by atoms with van der Waals surface area (Å²) >= 11 is 0. The molecule has 1 aromatic heterocycles. The van der Waals surface area contributed by atoms with Gasteiger partial charge >= 0.3 is 0 Å². The number of fused-ring (bicyclic) bond motifs is 1. The van der Waals surface area contributed by atoms with E-state index in [1.807, 2.05) is 0 Å². The van der Waals surface area contributed by atoms with E-state index in [4.69, 9.17) is 4.42 Å². The number of aliphatic hydroxyl groups is 1. The van der Waals surface area contributed by atoms with Crippen LogP contribution in [0.15, 0.2) is 10.5 Å². The van der Waals surface area contributed by atoms with Crippen LogP contribution in [0.5, 0.6) is 0 Å². The van der Waals surface area contributed by atoms with Gasteiger partial charge in [-0.2, -0.15) is 0 Å². The molecule has 1 aliphatic carbocycles. The molecule has 0 unspecified atom stereocenters. The summed E-state index contributed by atoms with van der Waals surface area (Å²) < 4.78 is 30.1. The molecule has 2 nitrogen and oxygen atoms in total. The minimum Gasteiger partial charge on any atom is -0.466 e. The molecule has 1 heterocycles. The molecule has 1 N–H and O–H groups in total. The van der Waals surface area contributed by atoms with E-state index in [0.29, 0.717) is 17.1 Å². The van der Waals surface area contributed by atoms with E-state index in [0.717, 1.165) is 0 Å². The lowest BCUT2D eigenvalue weighted by Gasteiger charge is -2.24. The summed E-state index contributed by atoms with van der Waals surface area (Å²) in [7, 11) is 0. The Hall–Kier alpha value is -0.900. The molecule has 78 valence electrons. The van der Waals surface area contributed by atoms with Crippen LogP contribution in [-0.4, -0.2) is 11.5 Å². The maximum absolute atomic E-state index is 12.4. The zero-order valence-electron chi connectivity index (χ0n) is 7.84. The van der Waals surface area contributed by atoms with Gasteiger partial charge < -0.3 is 9.52 Å². The minimum absolute atomic E-state index is 0.129. The van der Waals surface area contributed by atoms with Gasteiger partial charge in [0.25, 0.3) is 0 Å². The zero-order chi connectivity index (χ0) is 10.3. The smallest absolute Gasteiger partial charge is 0.241 e. The van der Waals surface area contributed by atoms with Crippen molar-refractivity contribution in [1.29, 1.82) is 0 Å². The lowest BCUT2D eigenvalue weighted by Crippen LogP contribution is -2.22. The van der Waals surface area contributed by atoms with Crippen molar-refractivity contribution in [1.82, 2.24) is 0 Å². The van der Waals surface area contributed by atoms with E-state index >= 15 is 0 Å². The molecule has 14 heavy (non-hydrogen) atoms. The largest absolute Gasteiger partial charge is 0.466 e. The van der Waals surface area contributed by atoms with E-state index in [1.54, 1.807) is 13.0 Å². The predicted molar refractivity (Wildman–Crippen MR) is 46.2 cm³/mol. The molecule has 2 atom stereocenters. The Bertz CT molecular complexity index is 333. The second-order valence-electron chi connectivity index (χ2n) is 3.79. The Morgan fingerprint density at radius 1 is 1.57 bits per heavy atom. The molecule has 0 bridgehead atoms. The van der Waals surface area contributed by atoms with Crippen LogP contribution < -0.4 is 0 Å². The van der Waals surface area contributed by atoms with Crippen LogP contribution in [0.2, 0.25) is 0 Å². The fourth-order valence-electron chi connectivity index (χ4n) is 1.95. The predicted octanol–water partition coefficient (Wildman–Crippen LogP) is 2.45. The molecular weight excluding hydrogens is 190 g/mol. The van der Waals surface area contributed by atoms with Crippen molar-refractivity contribution in [2.45, 2.75) is 32.3 Å². The highest BCUT2D eigenvalue weighted by molar-refractivity contribution is 5.26. The topological polar surface area (TPSA) is 33.4 Å². The Labute approximate surface area is 80.5 Å². The molecule has 0 amide bonds. The summed E-state index contributed by atoms with van der Waals surface area (Å²) in [5.74, 6) is 0.415. The van der Waals surface area contributed by atoms with Gasteiger partial charge in [-0.3, -0.25) is 0 Å². The van der Waals surface area contributed by atoms with Crippen LogP contribution in [0, 0.1) is 12.8 Å². The summed E-state index contributed by atoms with van der Waals surface area (Å²) in [6.45, 7) is 1.75. The number of aliphatic hydroxyl groups excluding tert-OH is 1. The monoisotopic (exact) mass is 202 g/mol. The molecule has 0 saturated heterocycles. The number of aryl methyl sites for hydroxylation is 1. The van der Waals surface area contributed by atoms with E-state index < -0.39 is 18.4 Å². The van der Waals surface area contributed by atoms with Crippen molar-refractivity contribution in [3.8, 4) is 0 Å². The highest BCUT2D eigenvalue weighted by Crippen LogP contribution is 2.37. The fourth-order valence-corrected chi connectivity index (χ4v) is 1.95. The number of halogens is 2. The summed E-state index contributed by atoms with van der Waals surface area (Å²) in [6.07, 6.45) is -2.82. The van der Waals surface area contributed by atoms with Crippen molar-refractivity contribution in [3.63, 3.8) is 0 Å². The summed E-state index contributed by atoms with van der Waals surface area (Å²) in [5.41, 5.74) is 0.680. The molecule has 1 aliphatic rings. The molecular formula is C10H12F2O2. The molecule has 0 aromatic carbocycles.